The molecule has 1 N–H and O–H groups in total. The predicted molar refractivity (Wildman–Crippen MR) is 92.9 cm³/mol. The number of aromatic nitrogens is 1. The molecule has 0 amide bonds. The lowest BCUT2D eigenvalue weighted by Gasteiger charge is -2.42. The molecular formula is C18H32N2S. The zero-order valence-electron chi connectivity index (χ0n) is 14.4. The van der Waals surface area contributed by atoms with Crippen molar-refractivity contribution in [3.63, 3.8) is 0 Å². The van der Waals surface area contributed by atoms with E-state index in [4.69, 9.17) is 4.98 Å². The number of aryl methyl sites for hydroxylation is 1. The van der Waals surface area contributed by atoms with Crippen LogP contribution < -0.4 is 5.32 Å². The van der Waals surface area contributed by atoms with Crippen LogP contribution in [0.15, 0.2) is 5.38 Å². The SMILES string of the molecule is CCCNC1CCC(C(C)(C)C)CC1Cc1nc(C)cs1. The molecule has 0 saturated heterocycles. The summed E-state index contributed by atoms with van der Waals surface area (Å²) in [5.74, 6) is 1.60. The summed E-state index contributed by atoms with van der Waals surface area (Å²) in [6.45, 7) is 12.7. The van der Waals surface area contributed by atoms with E-state index in [0.29, 0.717) is 11.5 Å². The van der Waals surface area contributed by atoms with Crippen LogP contribution in [0.5, 0.6) is 0 Å². The molecule has 1 aliphatic carbocycles. The van der Waals surface area contributed by atoms with Crippen LogP contribution in [-0.4, -0.2) is 17.6 Å². The van der Waals surface area contributed by atoms with Crippen LogP contribution in [0.3, 0.4) is 0 Å². The zero-order valence-corrected chi connectivity index (χ0v) is 15.2. The highest BCUT2D eigenvalue weighted by molar-refractivity contribution is 7.09. The smallest absolute Gasteiger partial charge is 0.0931 e. The van der Waals surface area contributed by atoms with Gasteiger partial charge >= 0.3 is 0 Å². The minimum Gasteiger partial charge on any atom is -0.314 e. The van der Waals surface area contributed by atoms with Gasteiger partial charge in [0.15, 0.2) is 0 Å². The molecule has 2 rings (SSSR count). The van der Waals surface area contributed by atoms with Gasteiger partial charge in [-0.3, -0.25) is 0 Å². The van der Waals surface area contributed by atoms with Crippen LogP contribution in [-0.2, 0) is 6.42 Å². The largest absolute Gasteiger partial charge is 0.314 e. The first kappa shape index (κ1) is 17.0. The van der Waals surface area contributed by atoms with Gasteiger partial charge in [-0.05, 0) is 56.4 Å². The van der Waals surface area contributed by atoms with Crippen molar-refractivity contribution in [1.82, 2.24) is 10.3 Å². The van der Waals surface area contributed by atoms with Crippen molar-refractivity contribution in [2.45, 2.75) is 72.8 Å². The quantitative estimate of drug-likeness (QED) is 0.843. The molecule has 1 aromatic heterocycles. The number of hydrogen-bond donors (Lipinski definition) is 1. The van der Waals surface area contributed by atoms with Crippen molar-refractivity contribution in [3.05, 3.63) is 16.1 Å². The molecule has 0 bridgehead atoms. The second-order valence-corrected chi connectivity index (χ2v) is 8.73. The predicted octanol–water partition coefficient (Wildman–Crippen LogP) is 4.82. The van der Waals surface area contributed by atoms with Crippen LogP contribution in [0.1, 0.15) is 64.1 Å². The third kappa shape index (κ3) is 4.79. The fourth-order valence-electron chi connectivity index (χ4n) is 3.60. The third-order valence-electron chi connectivity index (χ3n) is 4.97. The van der Waals surface area contributed by atoms with E-state index >= 15 is 0 Å². The fraction of sp³-hybridized carbons (Fsp3) is 0.833. The highest BCUT2D eigenvalue weighted by Crippen LogP contribution is 2.41. The van der Waals surface area contributed by atoms with Crippen molar-refractivity contribution < 1.29 is 0 Å². The normalized spacial score (nSPS) is 27.0. The first-order valence-corrected chi connectivity index (χ1v) is 9.42. The zero-order chi connectivity index (χ0) is 15.5. The highest BCUT2D eigenvalue weighted by atomic mass is 32.1. The molecule has 1 aliphatic rings. The maximum absolute atomic E-state index is 4.70. The van der Waals surface area contributed by atoms with Crippen LogP contribution in [0, 0.1) is 24.2 Å². The maximum atomic E-state index is 4.70. The fourth-order valence-corrected chi connectivity index (χ4v) is 4.46. The maximum Gasteiger partial charge on any atom is 0.0931 e. The Labute approximate surface area is 134 Å². The molecule has 0 aromatic carbocycles. The van der Waals surface area contributed by atoms with E-state index in [0.717, 1.165) is 24.8 Å². The molecule has 0 aliphatic heterocycles. The Morgan fingerprint density at radius 2 is 2.10 bits per heavy atom. The van der Waals surface area contributed by atoms with Gasteiger partial charge in [-0.1, -0.05) is 27.7 Å². The number of hydrogen-bond acceptors (Lipinski definition) is 3. The molecular weight excluding hydrogens is 276 g/mol. The molecule has 0 spiro atoms. The Morgan fingerprint density at radius 3 is 2.67 bits per heavy atom. The summed E-state index contributed by atoms with van der Waals surface area (Å²) in [5, 5.41) is 7.31. The van der Waals surface area contributed by atoms with E-state index in [1.54, 1.807) is 0 Å². The van der Waals surface area contributed by atoms with Gasteiger partial charge in [0, 0.05) is 23.5 Å². The van der Waals surface area contributed by atoms with Gasteiger partial charge in [0.25, 0.3) is 0 Å². The van der Waals surface area contributed by atoms with Gasteiger partial charge in [-0.15, -0.1) is 11.3 Å². The Kier molecular flexibility index (Phi) is 5.84. The summed E-state index contributed by atoms with van der Waals surface area (Å²) in [7, 11) is 0. The first-order valence-electron chi connectivity index (χ1n) is 8.54. The van der Waals surface area contributed by atoms with Crippen molar-refractivity contribution in [1.29, 1.82) is 0 Å². The van der Waals surface area contributed by atoms with Gasteiger partial charge in [-0.25, -0.2) is 4.98 Å². The molecule has 1 heterocycles. The molecule has 3 unspecified atom stereocenters. The van der Waals surface area contributed by atoms with Crippen molar-refractivity contribution in [2.75, 3.05) is 6.54 Å². The van der Waals surface area contributed by atoms with E-state index in [1.165, 1.54) is 36.4 Å². The topological polar surface area (TPSA) is 24.9 Å². The first-order chi connectivity index (χ1) is 9.90. The van der Waals surface area contributed by atoms with Crippen LogP contribution in [0.4, 0.5) is 0 Å². The third-order valence-corrected chi connectivity index (χ3v) is 5.96. The van der Waals surface area contributed by atoms with E-state index < -0.39 is 0 Å². The molecule has 1 aromatic rings. The highest BCUT2D eigenvalue weighted by Gasteiger charge is 2.35. The van der Waals surface area contributed by atoms with E-state index in [1.807, 2.05) is 11.3 Å². The van der Waals surface area contributed by atoms with E-state index in [9.17, 15) is 0 Å². The molecule has 21 heavy (non-hydrogen) atoms. The molecule has 3 atom stereocenters. The van der Waals surface area contributed by atoms with Crippen LogP contribution in [0.25, 0.3) is 0 Å². The monoisotopic (exact) mass is 308 g/mol. The molecule has 2 nitrogen and oxygen atoms in total. The van der Waals surface area contributed by atoms with Gasteiger partial charge < -0.3 is 5.32 Å². The molecule has 1 fully saturated rings. The van der Waals surface area contributed by atoms with Crippen molar-refractivity contribution in [2.24, 2.45) is 17.3 Å². The number of rotatable bonds is 5. The molecule has 0 radical (unpaired) electrons. The van der Waals surface area contributed by atoms with Crippen molar-refractivity contribution in [3.8, 4) is 0 Å². The lowest BCUT2D eigenvalue weighted by Crippen LogP contribution is -2.44. The van der Waals surface area contributed by atoms with Gasteiger partial charge in [-0.2, -0.15) is 0 Å². The summed E-state index contributed by atoms with van der Waals surface area (Å²) >= 11 is 1.84. The Bertz CT molecular complexity index is 433. The second kappa shape index (κ2) is 7.23. The molecule has 120 valence electrons. The molecule has 1 saturated carbocycles. The lowest BCUT2D eigenvalue weighted by molar-refractivity contribution is 0.114. The average molecular weight is 309 g/mol. The van der Waals surface area contributed by atoms with E-state index in [2.05, 4.69) is 45.3 Å². The number of nitrogens with zero attached hydrogens (tertiary/aromatic N) is 1. The summed E-state index contributed by atoms with van der Waals surface area (Å²) in [6, 6.07) is 0.688. The lowest BCUT2D eigenvalue weighted by atomic mass is 9.67. The second-order valence-electron chi connectivity index (χ2n) is 7.78. The van der Waals surface area contributed by atoms with Gasteiger partial charge in [0.1, 0.15) is 0 Å². The molecule has 3 heteroatoms. The van der Waals surface area contributed by atoms with Crippen LogP contribution in [0.2, 0.25) is 0 Å². The minimum atomic E-state index is 0.437. The Morgan fingerprint density at radius 1 is 1.33 bits per heavy atom. The number of thiazole rings is 1. The van der Waals surface area contributed by atoms with Crippen molar-refractivity contribution >= 4 is 11.3 Å². The summed E-state index contributed by atoms with van der Waals surface area (Å²) in [6.07, 6.45) is 6.44. The summed E-state index contributed by atoms with van der Waals surface area (Å²) in [4.78, 5) is 4.70. The summed E-state index contributed by atoms with van der Waals surface area (Å²) < 4.78 is 0. The minimum absolute atomic E-state index is 0.437. The Hall–Kier alpha value is -0.410. The van der Waals surface area contributed by atoms with E-state index in [-0.39, 0.29) is 0 Å². The van der Waals surface area contributed by atoms with Gasteiger partial charge in [0.2, 0.25) is 0 Å². The Balaban J connectivity index is 2.05. The van der Waals surface area contributed by atoms with Gasteiger partial charge in [0.05, 0.1) is 5.01 Å². The summed E-state index contributed by atoms with van der Waals surface area (Å²) in [5.41, 5.74) is 1.61. The van der Waals surface area contributed by atoms with Crippen LogP contribution >= 0.6 is 11.3 Å². The average Bonchev–Trinajstić information content (AvgIpc) is 2.81. The number of nitrogens with one attached hydrogen (secondary N) is 1. The standard InChI is InChI=1S/C18H32N2S/c1-6-9-19-16-8-7-15(18(3,4)5)10-14(16)11-17-20-13(2)12-21-17/h12,14-16,19H,6-11H2,1-5H3.